The van der Waals surface area contributed by atoms with E-state index in [2.05, 4.69) is 17.5 Å². The molecular formula is C24H31NO4. The van der Waals surface area contributed by atoms with E-state index in [1.54, 1.807) is 6.07 Å². The van der Waals surface area contributed by atoms with Gasteiger partial charge in [0.05, 0.1) is 6.10 Å². The van der Waals surface area contributed by atoms with Crippen molar-refractivity contribution in [3.8, 4) is 11.5 Å². The van der Waals surface area contributed by atoms with Crippen molar-refractivity contribution in [2.75, 3.05) is 13.1 Å². The number of phenols is 1. The number of hydrogen-bond donors (Lipinski definition) is 3. The number of rotatable bonds is 4. The van der Waals surface area contributed by atoms with Gasteiger partial charge < -0.3 is 20.1 Å². The fraction of sp³-hybridized carbons (Fsp3) is 0.667. The van der Waals surface area contributed by atoms with Crippen LogP contribution in [0.4, 0.5) is 0 Å². The lowest BCUT2D eigenvalue weighted by Gasteiger charge is -2.73. The molecule has 4 fully saturated rings. The Morgan fingerprint density at radius 3 is 2.93 bits per heavy atom. The van der Waals surface area contributed by atoms with Crippen molar-refractivity contribution in [2.45, 2.75) is 74.7 Å². The summed E-state index contributed by atoms with van der Waals surface area (Å²) in [4.78, 5) is 2.56. The van der Waals surface area contributed by atoms with E-state index < -0.39 is 11.7 Å². The zero-order valence-corrected chi connectivity index (χ0v) is 17.1. The molecule has 5 nitrogen and oxygen atoms in total. The number of piperidine rings is 1. The minimum Gasteiger partial charge on any atom is -0.504 e. The minimum atomic E-state index is -1.05. The maximum Gasteiger partial charge on any atom is 0.165 e. The Hall–Kier alpha value is -1.56. The van der Waals surface area contributed by atoms with Crippen LogP contribution in [0.15, 0.2) is 24.8 Å². The number of phenolic OH excluding ortho intramolecular Hbond substituents is 1. The summed E-state index contributed by atoms with van der Waals surface area (Å²) in [6.07, 6.45) is 5.98. The normalized spacial score (nSPS) is 44.9. The Kier molecular flexibility index (Phi) is 3.50. The molecule has 4 bridgehead atoms. The quantitative estimate of drug-likeness (QED) is 0.681. The number of aromatic hydroxyl groups is 1. The molecule has 6 aliphatic rings. The Balaban J connectivity index is 1.63. The van der Waals surface area contributed by atoms with Gasteiger partial charge in [-0.2, -0.15) is 0 Å². The van der Waals surface area contributed by atoms with E-state index in [1.807, 2.05) is 13.0 Å². The fourth-order valence-electron chi connectivity index (χ4n) is 8.39. The molecule has 29 heavy (non-hydrogen) atoms. The molecular weight excluding hydrogens is 366 g/mol. The van der Waals surface area contributed by atoms with Crippen LogP contribution in [0.2, 0.25) is 0 Å². The molecule has 2 heterocycles. The molecule has 156 valence electrons. The van der Waals surface area contributed by atoms with Crippen LogP contribution in [0.1, 0.15) is 50.2 Å². The van der Waals surface area contributed by atoms with Gasteiger partial charge in [0.15, 0.2) is 11.5 Å². The summed E-state index contributed by atoms with van der Waals surface area (Å²) in [7, 11) is 0. The largest absolute Gasteiger partial charge is 0.504 e. The van der Waals surface area contributed by atoms with Gasteiger partial charge in [-0.1, -0.05) is 19.1 Å². The Labute approximate surface area is 172 Å². The topological polar surface area (TPSA) is 73.2 Å². The van der Waals surface area contributed by atoms with Crippen LogP contribution in [0.5, 0.6) is 11.5 Å². The van der Waals surface area contributed by atoms with Crippen molar-refractivity contribution in [3.05, 3.63) is 35.9 Å². The summed E-state index contributed by atoms with van der Waals surface area (Å²) in [5.41, 5.74) is 1.06. The zero-order chi connectivity index (χ0) is 20.2. The van der Waals surface area contributed by atoms with Crippen molar-refractivity contribution in [2.24, 2.45) is 11.3 Å². The first-order valence-electron chi connectivity index (χ1n) is 11.2. The van der Waals surface area contributed by atoms with E-state index in [4.69, 9.17) is 4.74 Å². The molecule has 0 radical (unpaired) electrons. The van der Waals surface area contributed by atoms with Crippen molar-refractivity contribution in [1.82, 2.24) is 4.90 Å². The number of likely N-dealkylation sites (tertiary alicyclic amines) is 1. The van der Waals surface area contributed by atoms with Crippen LogP contribution >= 0.6 is 0 Å². The highest BCUT2D eigenvalue weighted by Gasteiger charge is 2.80. The van der Waals surface area contributed by atoms with E-state index in [-0.39, 0.29) is 28.6 Å². The standard InChI is InChI=1S/C24H31NO4/c1-3-10-25-11-9-23-19-14-5-6-17(27)20(19)29-21(23)24(28)8-7-22(23,18(25)12-14)13-15(24)16(26)4-2/h3,5-6,15-16,18,21,26-28H,1,4,7-13H2,2H3. The predicted molar refractivity (Wildman–Crippen MR) is 109 cm³/mol. The van der Waals surface area contributed by atoms with Gasteiger partial charge in [0, 0.05) is 34.9 Å². The third-order valence-corrected chi connectivity index (χ3v) is 9.42. The molecule has 7 atom stereocenters. The van der Waals surface area contributed by atoms with Gasteiger partial charge in [-0.05, 0) is 56.7 Å². The maximum atomic E-state index is 12.0. The first kappa shape index (κ1) is 18.2. The van der Waals surface area contributed by atoms with Crippen molar-refractivity contribution >= 4 is 0 Å². The van der Waals surface area contributed by atoms with Crippen LogP contribution in [0.25, 0.3) is 0 Å². The molecule has 5 heteroatoms. The van der Waals surface area contributed by atoms with Gasteiger partial charge in [0.1, 0.15) is 11.7 Å². The molecule has 2 aliphatic heterocycles. The van der Waals surface area contributed by atoms with Crippen LogP contribution in [0, 0.1) is 11.3 Å². The summed E-state index contributed by atoms with van der Waals surface area (Å²) in [5.74, 6) is 0.591. The summed E-state index contributed by atoms with van der Waals surface area (Å²) in [6, 6.07) is 4.15. The summed E-state index contributed by atoms with van der Waals surface area (Å²) in [5, 5.41) is 33.6. The van der Waals surface area contributed by atoms with Gasteiger partial charge in [-0.15, -0.1) is 6.58 Å². The van der Waals surface area contributed by atoms with Crippen molar-refractivity contribution < 1.29 is 20.1 Å². The first-order valence-corrected chi connectivity index (χ1v) is 11.2. The Morgan fingerprint density at radius 2 is 2.17 bits per heavy atom. The second-order valence-corrected chi connectivity index (χ2v) is 10.1. The monoisotopic (exact) mass is 397 g/mol. The smallest absolute Gasteiger partial charge is 0.165 e. The number of ether oxygens (including phenoxy) is 1. The molecule has 3 saturated carbocycles. The number of nitrogens with zero attached hydrogens (tertiary/aromatic N) is 1. The van der Waals surface area contributed by atoms with Crippen LogP contribution in [-0.4, -0.2) is 57.2 Å². The van der Waals surface area contributed by atoms with Gasteiger partial charge in [0.2, 0.25) is 0 Å². The lowest BCUT2D eigenvalue weighted by atomic mass is 9.34. The number of aliphatic hydroxyl groups is 2. The number of benzene rings is 1. The van der Waals surface area contributed by atoms with Gasteiger partial charge in [-0.3, -0.25) is 4.90 Å². The highest BCUT2D eigenvalue weighted by molar-refractivity contribution is 5.63. The van der Waals surface area contributed by atoms with E-state index >= 15 is 0 Å². The highest BCUT2D eigenvalue weighted by Crippen LogP contribution is 2.76. The van der Waals surface area contributed by atoms with Crippen LogP contribution in [-0.2, 0) is 11.8 Å². The molecule has 1 aromatic rings. The molecule has 2 spiro atoms. The lowest BCUT2D eigenvalue weighted by Crippen LogP contribution is -2.81. The van der Waals surface area contributed by atoms with Crippen molar-refractivity contribution in [3.63, 3.8) is 0 Å². The maximum absolute atomic E-state index is 12.0. The third-order valence-electron chi connectivity index (χ3n) is 9.42. The van der Waals surface area contributed by atoms with Gasteiger partial charge >= 0.3 is 0 Å². The fourth-order valence-corrected chi connectivity index (χ4v) is 8.39. The minimum absolute atomic E-state index is 0.0454. The number of aliphatic hydroxyl groups excluding tert-OH is 1. The molecule has 1 aromatic carbocycles. The van der Waals surface area contributed by atoms with Crippen LogP contribution in [0.3, 0.4) is 0 Å². The molecule has 3 N–H and O–H groups in total. The molecule has 0 aromatic heterocycles. The first-order chi connectivity index (χ1) is 13.9. The molecule has 0 amide bonds. The highest BCUT2D eigenvalue weighted by atomic mass is 16.5. The Bertz CT molecular complexity index is 901. The van der Waals surface area contributed by atoms with Gasteiger partial charge in [-0.25, -0.2) is 0 Å². The molecule has 7 unspecified atom stereocenters. The van der Waals surface area contributed by atoms with Gasteiger partial charge in [0.25, 0.3) is 0 Å². The second kappa shape index (κ2) is 5.57. The van der Waals surface area contributed by atoms with E-state index in [0.717, 1.165) is 38.8 Å². The summed E-state index contributed by atoms with van der Waals surface area (Å²) in [6.45, 7) is 7.79. The van der Waals surface area contributed by atoms with E-state index in [0.29, 0.717) is 24.6 Å². The Morgan fingerprint density at radius 1 is 1.34 bits per heavy atom. The second-order valence-electron chi connectivity index (χ2n) is 10.1. The lowest BCUT2D eigenvalue weighted by molar-refractivity contribution is -0.281. The predicted octanol–water partition coefficient (Wildman–Crippen LogP) is 2.51. The molecule has 1 saturated heterocycles. The zero-order valence-electron chi connectivity index (χ0n) is 17.1. The number of fused-ring (bicyclic) bond motifs is 2. The summed E-state index contributed by atoms with van der Waals surface area (Å²) >= 11 is 0. The van der Waals surface area contributed by atoms with Crippen molar-refractivity contribution in [1.29, 1.82) is 0 Å². The average molecular weight is 398 g/mol. The average Bonchev–Trinajstić information content (AvgIpc) is 3.09. The van der Waals surface area contributed by atoms with E-state index in [1.165, 1.54) is 11.1 Å². The van der Waals surface area contributed by atoms with E-state index in [9.17, 15) is 15.3 Å². The number of hydrogen-bond acceptors (Lipinski definition) is 5. The summed E-state index contributed by atoms with van der Waals surface area (Å²) < 4.78 is 6.51. The third kappa shape index (κ3) is 1.81. The van der Waals surface area contributed by atoms with Crippen LogP contribution < -0.4 is 4.74 Å². The molecule has 7 rings (SSSR count). The molecule has 4 aliphatic carbocycles. The SMILES string of the molecule is C=CCN1CCC23c4c5ccc(O)c4OC2C2(O)CCC3(CC2C(O)CC)C1C5.